The SMILES string of the molecule is CCCC1(CCOC)c2ccccc2-c2c1cc(O)c1cc(OC)ccc21. The van der Waals surface area contributed by atoms with Gasteiger partial charge in [0.05, 0.1) is 7.11 Å². The molecule has 0 aromatic heterocycles. The molecule has 0 saturated heterocycles. The largest absolute Gasteiger partial charge is 0.507 e. The summed E-state index contributed by atoms with van der Waals surface area (Å²) in [5.41, 5.74) is 4.96. The van der Waals surface area contributed by atoms with Crippen molar-refractivity contribution in [3.63, 3.8) is 0 Å². The molecule has 3 nitrogen and oxygen atoms in total. The van der Waals surface area contributed by atoms with Crippen molar-refractivity contribution in [2.45, 2.75) is 31.6 Å². The first-order chi connectivity index (χ1) is 13.2. The molecule has 0 saturated carbocycles. The lowest BCUT2D eigenvalue weighted by Crippen LogP contribution is -2.27. The normalized spacial score (nSPS) is 17.7. The van der Waals surface area contributed by atoms with Gasteiger partial charge >= 0.3 is 0 Å². The van der Waals surface area contributed by atoms with Gasteiger partial charge in [0.25, 0.3) is 0 Å². The van der Waals surface area contributed by atoms with Gasteiger partial charge in [-0.05, 0) is 64.7 Å². The van der Waals surface area contributed by atoms with Gasteiger partial charge in [0.1, 0.15) is 11.5 Å². The number of phenolic OH excluding ortho intramolecular Hbond substituents is 1. The molecular formula is C24H26O3. The van der Waals surface area contributed by atoms with Crippen LogP contribution in [0.4, 0.5) is 0 Å². The third kappa shape index (κ3) is 2.61. The van der Waals surface area contributed by atoms with Crippen molar-refractivity contribution >= 4 is 10.8 Å². The Morgan fingerprint density at radius 1 is 0.926 bits per heavy atom. The summed E-state index contributed by atoms with van der Waals surface area (Å²) in [6.07, 6.45) is 3.00. The molecule has 1 unspecified atom stereocenters. The van der Waals surface area contributed by atoms with Gasteiger partial charge in [0, 0.05) is 24.5 Å². The van der Waals surface area contributed by atoms with Gasteiger partial charge in [-0.3, -0.25) is 0 Å². The number of aromatic hydroxyl groups is 1. The van der Waals surface area contributed by atoms with Crippen LogP contribution in [0, 0.1) is 0 Å². The minimum Gasteiger partial charge on any atom is -0.507 e. The monoisotopic (exact) mass is 362 g/mol. The van der Waals surface area contributed by atoms with Crippen molar-refractivity contribution < 1.29 is 14.6 Å². The Balaban J connectivity index is 2.08. The van der Waals surface area contributed by atoms with Crippen LogP contribution < -0.4 is 4.74 Å². The highest BCUT2D eigenvalue weighted by Gasteiger charge is 2.43. The van der Waals surface area contributed by atoms with E-state index in [0.29, 0.717) is 12.4 Å². The molecule has 1 atom stereocenters. The molecule has 0 spiro atoms. The first-order valence-electron chi connectivity index (χ1n) is 9.59. The molecule has 0 fully saturated rings. The van der Waals surface area contributed by atoms with Crippen molar-refractivity contribution in [2.75, 3.05) is 20.8 Å². The molecule has 0 bridgehead atoms. The van der Waals surface area contributed by atoms with Crippen LogP contribution >= 0.6 is 0 Å². The predicted octanol–water partition coefficient (Wildman–Crippen LogP) is 5.66. The fourth-order valence-electron chi connectivity index (χ4n) is 4.81. The molecular weight excluding hydrogens is 336 g/mol. The number of phenols is 1. The molecule has 140 valence electrons. The maximum atomic E-state index is 10.9. The Labute approximate surface area is 160 Å². The third-order valence-electron chi connectivity index (χ3n) is 5.96. The number of rotatable bonds is 6. The molecule has 3 aromatic carbocycles. The van der Waals surface area contributed by atoms with E-state index < -0.39 is 0 Å². The summed E-state index contributed by atoms with van der Waals surface area (Å²) in [4.78, 5) is 0. The van der Waals surface area contributed by atoms with Gasteiger partial charge in [0.15, 0.2) is 0 Å². The van der Waals surface area contributed by atoms with E-state index in [4.69, 9.17) is 9.47 Å². The maximum Gasteiger partial charge on any atom is 0.123 e. The van der Waals surface area contributed by atoms with Gasteiger partial charge in [0.2, 0.25) is 0 Å². The first-order valence-corrected chi connectivity index (χ1v) is 9.59. The number of methoxy groups -OCH3 is 2. The van der Waals surface area contributed by atoms with Crippen LogP contribution in [0.25, 0.3) is 21.9 Å². The van der Waals surface area contributed by atoms with E-state index >= 15 is 0 Å². The second-order valence-electron chi connectivity index (χ2n) is 7.35. The fraction of sp³-hybridized carbons (Fsp3) is 0.333. The predicted molar refractivity (Wildman–Crippen MR) is 110 cm³/mol. The molecule has 3 heteroatoms. The lowest BCUT2D eigenvalue weighted by atomic mass is 9.72. The number of hydrogen-bond donors (Lipinski definition) is 1. The lowest BCUT2D eigenvalue weighted by Gasteiger charge is -2.32. The minimum atomic E-state index is -0.123. The van der Waals surface area contributed by atoms with Crippen LogP contribution in [0.1, 0.15) is 37.3 Å². The van der Waals surface area contributed by atoms with Crippen molar-refractivity contribution in [3.05, 3.63) is 59.7 Å². The smallest absolute Gasteiger partial charge is 0.123 e. The van der Waals surface area contributed by atoms with Crippen molar-refractivity contribution in [2.24, 2.45) is 0 Å². The molecule has 0 aliphatic heterocycles. The van der Waals surface area contributed by atoms with E-state index in [0.717, 1.165) is 35.8 Å². The van der Waals surface area contributed by atoms with Gasteiger partial charge in [-0.2, -0.15) is 0 Å². The second-order valence-corrected chi connectivity index (χ2v) is 7.35. The van der Waals surface area contributed by atoms with Gasteiger partial charge in [-0.1, -0.05) is 37.6 Å². The Morgan fingerprint density at radius 3 is 2.48 bits per heavy atom. The summed E-state index contributed by atoms with van der Waals surface area (Å²) in [5.74, 6) is 1.07. The van der Waals surface area contributed by atoms with Crippen LogP contribution in [-0.2, 0) is 10.2 Å². The highest BCUT2D eigenvalue weighted by atomic mass is 16.5. The van der Waals surface area contributed by atoms with E-state index in [1.165, 1.54) is 22.3 Å². The van der Waals surface area contributed by atoms with Crippen molar-refractivity contribution in [1.82, 2.24) is 0 Å². The summed E-state index contributed by atoms with van der Waals surface area (Å²) in [7, 11) is 3.41. The molecule has 4 rings (SSSR count). The second kappa shape index (κ2) is 6.90. The topological polar surface area (TPSA) is 38.7 Å². The molecule has 0 amide bonds. The van der Waals surface area contributed by atoms with E-state index in [-0.39, 0.29) is 5.41 Å². The van der Waals surface area contributed by atoms with Gasteiger partial charge < -0.3 is 14.6 Å². The average molecular weight is 362 g/mol. The zero-order chi connectivity index (χ0) is 19.0. The van der Waals surface area contributed by atoms with Crippen LogP contribution in [0.3, 0.4) is 0 Å². The molecule has 1 N–H and O–H groups in total. The summed E-state index contributed by atoms with van der Waals surface area (Å²) in [5, 5.41) is 12.8. The Hall–Kier alpha value is -2.52. The van der Waals surface area contributed by atoms with Crippen LogP contribution in [0.5, 0.6) is 11.5 Å². The summed E-state index contributed by atoms with van der Waals surface area (Å²) in [6, 6.07) is 16.6. The van der Waals surface area contributed by atoms with Gasteiger partial charge in [-0.15, -0.1) is 0 Å². The number of hydrogen-bond acceptors (Lipinski definition) is 3. The summed E-state index contributed by atoms with van der Waals surface area (Å²) >= 11 is 0. The molecule has 1 aliphatic carbocycles. The Morgan fingerprint density at radius 2 is 1.74 bits per heavy atom. The zero-order valence-electron chi connectivity index (χ0n) is 16.2. The molecule has 27 heavy (non-hydrogen) atoms. The van der Waals surface area contributed by atoms with E-state index in [2.05, 4.69) is 37.3 Å². The highest BCUT2D eigenvalue weighted by Crippen LogP contribution is 2.56. The van der Waals surface area contributed by atoms with Gasteiger partial charge in [-0.25, -0.2) is 0 Å². The van der Waals surface area contributed by atoms with Crippen LogP contribution in [0.2, 0.25) is 0 Å². The number of benzene rings is 3. The molecule has 0 radical (unpaired) electrons. The minimum absolute atomic E-state index is 0.123. The van der Waals surface area contributed by atoms with Crippen LogP contribution in [-0.4, -0.2) is 25.9 Å². The molecule has 3 aromatic rings. The maximum absolute atomic E-state index is 10.9. The lowest BCUT2D eigenvalue weighted by molar-refractivity contribution is 0.173. The number of ether oxygens (including phenoxy) is 2. The van der Waals surface area contributed by atoms with E-state index in [1.807, 2.05) is 18.2 Å². The third-order valence-corrected chi connectivity index (χ3v) is 5.96. The number of fused-ring (bicyclic) bond motifs is 5. The highest BCUT2D eigenvalue weighted by molar-refractivity contribution is 6.05. The first kappa shape index (κ1) is 17.9. The fourth-order valence-corrected chi connectivity index (χ4v) is 4.81. The van der Waals surface area contributed by atoms with Crippen LogP contribution in [0.15, 0.2) is 48.5 Å². The van der Waals surface area contributed by atoms with E-state index in [1.54, 1.807) is 14.2 Å². The Kier molecular flexibility index (Phi) is 4.56. The summed E-state index contributed by atoms with van der Waals surface area (Å²) in [6.45, 7) is 2.91. The molecule has 0 heterocycles. The standard InChI is InChI=1S/C24H26O3/c1-4-11-24(12-13-26-2)20-8-6-5-7-18(20)23-17-10-9-16(27-3)14-19(17)22(25)15-21(23)24/h5-10,14-15,25H,4,11-13H2,1-3H3. The van der Waals surface area contributed by atoms with Crippen molar-refractivity contribution in [1.29, 1.82) is 0 Å². The zero-order valence-corrected chi connectivity index (χ0v) is 16.2. The average Bonchev–Trinajstić information content (AvgIpc) is 2.97. The molecule has 1 aliphatic rings. The van der Waals surface area contributed by atoms with Crippen molar-refractivity contribution in [3.8, 4) is 22.6 Å². The summed E-state index contributed by atoms with van der Waals surface area (Å²) < 4.78 is 10.8. The van der Waals surface area contributed by atoms with E-state index in [9.17, 15) is 5.11 Å². The quantitative estimate of drug-likeness (QED) is 0.615. The Bertz CT molecular complexity index is 992.